The molecule has 2 unspecified atom stereocenters. The van der Waals surface area contributed by atoms with Gasteiger partial charge in [-0.05, 0) is 31.2 Å². The van der Waals surface area contributed by atoms with Gasteiger partial charge in [0.2, 0.25) is 0 Å². The Morgan fingerprint density at radius 3 is 2.59 bits per heavy atom. The average Bonchev–Trinajstić information content (AvgIpc) is 3.20. The molecule has 2 saturated carbocycles. The van der Waals surface area contributed by atoms with Gasteiger partial charge in [0.1, 0.15) is 11.4 Å². The van der Waals surface area contributed by atoms with Crippen LogP contribution in [0.1, 0.15) is 47.9 Å². The zero-order valence-corrected chi connectivity index (χ0v) is 18.0. The third-order valence-electron chi connectivity index (χ3n) is 6.22. The van der Waals surface area contributed by atoms with Crippen molar-refractivity contribution in [2.24, 2.45) is 16.5 Å². The molecule has 0 saturated heterocycles. The number of nitrogens with one attached hydrogen (secondary N) is 1. The van der Waals surface area contributed by atoms with Crippen molar-refractivity contribution in [3.63, 3.8) is 0 Å². The number of primary sulfonamides is 1. The van der Waals surface area contributed by atoms with Crippen molar-refractivity contribution in [2.45, 2.75) is 56.5 Å². The number of sulfonamides is 1. The number of pyridine rings is 1. The third-order valence-corrected chi connectivity index (χ3v) is 7.03. The van der Waals surface area contributed by atoms with Gasteiger partial charge in [0.15, 0.2) is 5.03 Å². The molecule has 8 nitrogen and oxygen atoms in total. The van der Waals surface area contributed by atoms with Gasteiger partial charge in [-0.3, -0.25) is 9.48 Å². The van der Waals surface area contributed by atoms with Crippen LogP contribution in [0, 0.1) is 18.3 Å². The second-order valence-electron chi connectivity index (χ2n) is 8.63. The molecule has 0 radical (unpaired) electrons. The van der Waals surface area contributed by atoms with E-state index in [2.05, 4.69) is 15.4 Å². The minimum Gasteiger partial charge on any atom is -0.321 e. The van der Waals surface area contributed by atoms with Crippen LogP contribution < -0.4 is 10.5 Å². The van der Waals surface area contributed by atoms with Crippen LogP contribution in [-0.2, 0) is 22.5 Å². The van der Waals surface area contributed by atoms with E-state index >= 15 is 0 Å². The van der Waals surface area contributed by atoms with Crippen LogP contribution in [0.15, 0.2) is 23.4 Å². The number of nitrogens with zero attached hydrogens (tertiary/aromatic N) is 3. The zero-order chi connectivity index (χ0) is 23.7. The van der Waals surface area contributed by atoms with Gasteiger partial charge in [0.05, 0.1) is 0 Å². The first-order valence-electron chi connectivity index (χ1n) is 9.78. The minimum absolute atomic E-state index is 0.0147. The number of anilines is 1. The van der Waals surface area contributed by atoms with Crippen molar-refractivity contribution >= 4 is 21.6 Å². The van der Waals surface area contributed by atoms with Crippen LogP contribution in [0.5, 0.6) is 0 Å². The molecule has 0 aliphatic heterocycles. The molecule has 0 aromatic carbocycles. The molecule has 4 rings (SSSR count). The average molecular weight is 475 g/mol. The summed E-state index contributed by atoms with van der Waals surface area (Å²) in [7, 11) is -4.14. The van der Waals surface area contributed by atoms with E-state index in [1.54, 1.807) is 0 Å². The first-order chi connectivity index (χ1) is 14.6. The second-order valence-corrected chi connectivity index (χ2v) is 10.1. The number of carbonyl (C=O) groups excluding carboxylic acids is 1. The lowest BCUT2D eigenvalue weighted by Gasteiger charge is -2.15. The number of hydrogen-bond acceptors (Lipinski definition) is 5. The van der Waals surface area contributed by atoms with Crippen LogP contribution >= 0.6 is 0 Å². The van der Waals surface area contributed by atoms with Crippen LogP contribution in [0.4, 0.5) is 23.2 Å². The quantitative estimate of drug-likeness (QED) is 0.623. The van der Waals surface area contributed by atoms with Gasteiger partial charge in [-0.1, -0.05) is 0 Å². The maximum absolute atomic E-state index is 14.1. The number of hydrogen-bond donors (Lipinski definition) is 2. The van der Waals surface area contributed by atoms with E-state index in [1.807, 2.05) is 0 Å². The fourth-order valence-corrected chi connectivity index (χ4v) is 5.07. The van der Waals surface area contributed by atoms with Crippen LogP contribution in [0.25, 0.3) is 0 Å². The zero-order valence-electron chi connectivity index (χ0n) is 17.2. The van der Waals surface area contributed by atoms with Crippen LogP contribution in [-0.4, -0.2) is 35.0 Å². The highest BCUT2D eigenvalue weighted by Gasteiger charge is 2.70. The number of halogens is 4. The maximum Gasteiger partial charge on any atom is 0.289 e. The molecule has 174 valence electrons. The first-order valence-corrected chi connectivity index (χ1v) is 11.3. The van der Waals surface area contributed by atoms with Crippen molar-refractivity contribution in [3.8, 4) is 0 Å². The van der Waals surface area contributed by atoms with E-state index < -0.39 is 49.8 Å². The van der Waals surface area contributed by atoms with Crippen LogP contribution in [0.3, 0.4) is 0 Å². The molecule has 32 heavy (non-hydrogen) atoms. The Kier molecular flexibility index (Phi) is 4.94. The molecule has 2 aliphatic carbocycles. The molecule has 3 N–H and O–H groups in total. The number of fused-ring (bicyclic) bond motifs is 1. The molecular formula is C19H21F4N5O3S. The second kappa shape index (κ2) is 6.98. The van der Waals surface area contributed by atoms with Crippen molar-refractivity contribution < 1.29 is 30.8 Å². The van der Waals surface area contributed by atoms with E-state index in [0.29, 0.717) is 6.92 Å². The SMILES string of the molecule is Cc1c(C(C)(F)F)nn(CC23CCC(F)(F)C2C3)c1C(=O)Nc1ccnc(S(N)(=O)=O)c1. The Morgan fingerprint density at radius 2 is 2.06 bits per heavy atom. The van der Waals surface area contributed by atoms with Crippen molar-refractivity contribution in [3.05, 3.63) is 35.3 Å². The summed E-state index contributed by atoms with van der Waals surface area (Å²) < 4.78 is 80.2. The Labute approximate surface area is 181 Å². The Hall–Kier alpha value is -2.54. The lowest BCUT2D eigenvalue weighted by atomic mass is 10.0. The predicted octanol–water partition coefficient (Wildman–Crippen LogP) is 3.03. The lowest BCUT2D eigenvalue weighted by Crippen LogP contribution is -2.23. The molecule has 13 heteroatoms. The van der Waals surface area contributed by atoms with E-state index in [9.17, 15) is 30.8 Å². The van der Waals surface area contributed by atoms with E-state index in [4.69, 9.17) is 5.14 Å². The monoisotopic (exact) mass is 475 g/mol. The molecule has 2 fully saturated rings. The van der Waals surface area contributed by atoms with Gasteiger partial charge in [0, 0.05) is 49.3 Å². The first kappa shape index (κ1) is 22.6. The molecule has 2 aromatic heterocycles. The standard InChI is InChI=1S/C19H21F4N5O3S/c1-10-14(16(29)26-11-3-6-25-13(7-11)32(24,30)31)28(27-15(10)17(2,20)21)9-18-4-5-19(22,23)12(18)8-18/h3,6-7,12H,4-5,8-9H2,1-2H3,(H2,24,30,31)(H,25,26,29). The predicted molar refractivity (Wildman–Crippen MR) is 105 cm³/mol. The molecule has 2 heterocycles. The van der Waals surface area contributed by atoms with Gasteiger partial charge in [-0.25, -0.2) is 27.3 Å². The normalized spacial score (nSPS) is 24.3. The Balaban J connectivity index is 1.69. The third kappa shape index (κ3) is 3.87. The number of alkyl halides is 4. The highest BCUT2D eigenvalue weighted by atomic mass is 32.2. The van der Waals surface area contributed by atoms with Gasteiger partial charge in [0.25, 0.3) is 27.8 Å². The number of nitrogens with two attached hydrogens (primary N) is 1. The number of carbonyl (C=O) groups is 1. The van der Waals surface area contributed by atoms with E-state index in [-0.39, 0.29) is 42.8 Å². The van der Waals surface area contributed by atoms with Gasteiger partial charge in [-0.2, -0.15) is 13.9 Å². The van der Waals surface area contributed by atoms with Crippen molar-refractivity contribution in [1.29, 1.82) is 0 Å². The summed E-state index contributed by atoms with van der Waals surface area (Å²) in [6, 6.07) is 2.32. The van der Waals surface area contributed by atoms with Crippen molar-refractivity contribution in [2.75, 3.05) is 5.32 Å². The molecule has 0 spiro atoms. The largest absolute Gasteiger partial charge is 0.321 e. The van der Waals surface area contributed by atoms with Gasteiger partial charge < -0.3 is 5.32 Å². The fourth-order valence-electron chi connectivity index (χ4n) is 4.57. The molecule has 2 atom stereocenters. The minimum atomic E-state index is -4.14. The summed E-state index contributed by atoms with van der Waals surface area (Å²) >= 11 is 0. The van der Waals surface area contributed by atoms with Crippen LogP contribution in [0.2, 0.25) is 0 Å². The Bertz CT molecular complexity index is 1210. The maximum atomic E-state index is 14.1. The molecule has 2 aromatic rings. The fraction of sp³-hybridized carbons (Fsp3) is 0.526. The molecule has 2 aliphatic rings. The highest BCUT2D eigenvalue weighted by molar-refractivity contribution is 7.89. The number of amides is 1. The molecule has 1 amide bonds. The Morgan fingerprint density at radius 1 is 1.38 bits per heavy atom. The molecule has 0 bridgehead atoms. The summed E-state index contributed by atoms with van der Waals surface area (Å²) in [5.41, 5.74) is -1.68. The summed E-state index contributed by atoms with van der Waals surface area (Å²) in [5, 5.41) is 10.9. The summed E-state index contributed by atoms with van der Waals surface area (Å²) in [6.07, 6.45) is 1.27. The van der Waals surface area contributed by atoms with Gasteiger partial charge in [-0.15, -0.1) is 0 Å². The summed E-state index contributed by atoms with van der Waals surface area (Å²) in [6.45, 7) is 1.85. The summed E-state index contributed by atoms with van der Waals surface area (Å²) in [4.78, 5) is 16.6. The smallest absolute Gasteiger partial charge is 0.289 e. The van der Waals surface area contributed by atoms with E-state index in [0.717, 1.165) is 16.9 Å². The highest BCUT2D eigenvalue weighted by Crippen LogP contribution is 2.70. The molecular weight excluding hydrogens is 454 g/mol. The van der Waals surface area contributed by atoms with Crippen molar-refractivity contribution in [1.82, 2.24) is 14.8 Å². The van der Waals surface area contributed by atoms with E-state index in [1.165, 1.54) is 13.0 Å². The summed E-state index contributed by atoms with van der Waals surface area (Å²) in [5.74, 6) is -7.88. The van der Waals surface area contributed by atoms with Gasteiger partial charge >= 0.3 is 0 Å². The topological polar surface area (TPSA) is 120 Å². The number of rotatable bonds is 6. The lowest BCUT2D eigenvalue weighted by molar-refractivity contribution is -0.0159. The number of aromatic nitrogens is 3.